The summed E-state index contributed by atoms with van der Waals surface area (Å²) in [5.74, 6) is 0.470. The molecule has 0 aromatic heterocycles. The average Bonchev–Trinajstić information content (AvgIpc) is 2.91. The van der Waals surface area contributed by atoms with Gasteiger partial charge in [-0.05, 0) is 19.1 Å². The number of hydrogen-bond acceptors (Lipinski definition) is 5. The van der Waals surface area contributed by atoms with E-state index in [-0.39, 0.29) is 18.0 Å². The molecule has 136 valence electrons. The topological polar surface area (TPSA) is 85.1 Å². The standard InChI is InChI=1S/C18H25N3O4/c1-14(16(19)22)20-9-7-18(8-10-20)13-21(17(23)25-18)11-12-24-15-5-3-2-4-6-15/h2-6,14H,7-13H2,1H3,(H2,19,22). The SMILES string of the molecule is CC(C(N)=O)N1CCC2(CC1)CN(CCOc1ccccc1)C(=O)O2. The molecular weight excluding hydrogens is 322 g/mol. The molecule has 2 aliphatic rings. The van der Waals surface area contributed by atoms with E-state index in [1.165, 1.54) is 0 Å². The van der Waals surface area contributed by atoms with Crippen LogP contribution in [0.2, 0.25) is 0 Å². The molecule has 0 aliphatic carbocycles. The molecule has 1 unspecified atom stereocenters. The Hall–Kier alpha value is -2.28. The zero-order valence-electron chi connectivity index (χ0n) is 14.5. The number of likely N-dealkylation sites (tertiary alicyclic amines) is 1. The first-order chi connectivity index (χ1) is 12.0. The summed E-state index contributed by atoms with van der Waals surface area (Å²) in [6.07, 6.45) is 1.15. The van der Waals surface area contributed by atoms with Gasteiger partial charge in [-0.25, -0.2) is 4.79 Å². The summed E-state index contributed by atoms with van der Waals surface area (Å²) in [6, 6.07) is 9.24. The van der Waals surface area contributed by atoms with Crippen molar-refractivity contribution in [1.29, 1.82) is 0 Å². The van der Waals surface area contributed by atoms with Crippen LogP contribution in [0.15, 0.2) is 30.3 Å². The predicted molar refractivity (Wildman–Crippen MR) is 92.2 cm³/mol. The Morgan fingerprint density at radius 3 is 2.64 bits per heavy atom. The van der Waals surface area contributed by atoms with Crippen LogP contribution in [-0.2, 0) is 9.53 Å². The number of hydrogen-bond donors (Lipinski definition) is 1. The molecule has 7 nitrogen and oxygen atoms in total. The van der Waals surface area contributed by atoms with Crippen molar-refractivity contribution >= 4 is 12.0 Å². The number of para-hydroxylation sites is 1. The number of nitrogens with two attached hydrogens (primary N) is 1. The lowest BCUT2D eigenvalue weighted by Crippen LogP contribution is -2.52. The average molecular weight is 347 g/mol. The first-order valence-corrected chi connectivity index (χ1v) is 8.68. The predicted octanol–water partition coefficient (Wildman–Crippen LogP) is 1.23. The van der Waals surface area contributed by atoms with Crippen LogP contribution in [0.5, 0.6) is 5.75 Å². The van der Waals surface area contributed by atoms with Gasteiger partial charge in [-0.1, -0.05) is 18.2 Å². The number of benzene rings is 1. The largest absolute Gasteiger partial charge is 0.492 e. The van der Waals surface area contributed by atoms with Gasteiger partial charge in [-0.15, -0.1) is 0 Å². The van der Waals surface area contributed by atoms with Crippen molar-refractivity contribution in [3.63, 3.8) is 0 Å². The van der Waals surface area contributed by atoms with Crippen molar-refractivity contribution in [3.8, 4) is 5.75 Å². The summed E-state index contributed by atoms with van der Waals surface area (Å²) >= 11 is 0. The zero-order valence-corrected chi connectivity index (χ0v) is 14.5. The number of primary amides is 1. The molecule has 2 amide bonds. The van der Waals surface area contributed by atoms with Gasteiger partial charge in [0.05, 0.1) is 19.1 Å². The fourth-order valence-electron chi connectivity index (χ4n) is 3.41. The van der Waals surface area contributed by atoms with Gasteiger partial charge in [-0.2, -0.15) is 0 Å². The fraction of sp³-hybridized carbons (Fsp3) is 0.556. The van der Waals surface area contributed by atoms with Gasteiger partial charge in [0.1, 0.15) is 18.0 Å². The monoisotopic (exact) mass is 347 g/mol. The fourth-order valence-corrected chi connectivity index (χ4v) is 3.41. The van der Waals surface area contributed by atoms with E-state index in [2.05, 4.69) is 0 Å². The lowest BCUT2D eigenvalue weighted by molar-refractivity contribution is -0.124. The van der Waals surface area contributed by atoms with E-state index in [1.807, 2.05) is 42.2 Å². The molecule has 1 spiro atoms. The molecule has 0 saturated carbocycles. The number of ether oxygens (including phenoxy) is 2. The van der Waals surface area contributed by atoms with Gasteiger partial charge in [0, 0.05) is 25.9 Å². The van der Waals surface area contributed by atoms with Gasteiger partial charge in [0.25, 0.3) is 0 Å². The third kappa shape index (κ3) is 4.04. The maximum Gasteiger partial charge on any atom is 0.410 e. The van der Waals surface area contributed by atoms with Crippen molar-refractivity contribution in [3.05, 3.63) is 30.3 Å². The number of carbonyl (C=O) groups excluding carboxylic acids is 2. The van der Waals surface area contributed by atoms with Crippen molar-refractivity contribution in [1.82, 2.24) is 9.80 Å². The summed E-state index contributed by atoms with van der Waals surface area (Å²) in [5, 5.41) is 0. The minimum Gasteiger partial charge on any atom is -0.492 e. The highest BCUT2D eigenvalue weighted by Gasteiger charge is 2.47. The molecule has 7 heteroatoms. The summed E-state index contributed by atoms with van der Waals surface area (Å²) in [5.41, 5.74) is 4.92. The van der Waals surface area contributed by atoms with Crippen LogP contribution in [0.4, 0.5) is 4.79 Å². The highest BCUT2D eigenvalue weighted by atomic mass is 16.6. The second-order valence-corrected chi connectivity index (χ2v) is 6.75. The van der Waals surface area contributed by atoms with Crippen LogP contribution in [0.1, 0.15) is 19.8 Å². The number of rotatable bonds is 6. The number of nitrogens with zero attached hydrogens (tertiary/aromatic N) is 2. The highest BCUT2D eigenvalue weighted by Crippen LogP contribution is 2.33. The van der Waals surface area contributed by atoms with Gasteiger partial charge in [-0.3, -0.25) is 9.69 Å². The third-order valence-corrected chi connectivity index (χ3v) is 5.08. The normalized spacial score (nSPS) is 21.2. The molecular formula is C18H25N3O4. The number of carbonyl (C=O) groups is 2. The first-order valence-electron chi connectivity index (χ1n) is 8.68. The van der Waals surface area contributed by atoms with Crippen molar-refractivity contribution in [2.45, 2.75) is 31.4 Å². The van der Waals surface area contributed by atoms with Gasteiger partial charge in [0.15, 0.2) is 0 Å². The highest BCUT2D eigenvalue weighted by molar-refractivity contribution is 5.79. The van der Waals surface area contributed by atoms with Crippen LogP contribution < -0.4 is 10.5 Å². The lowest BCUT2D eigenvalue weighted by Gasteiger charge is -2.39. The van der Waals surface area contributed by atoms with Crippen LogP contribution in [0, 0.1) is 0 Å². The maximum atomic E-state index is 12.2. The van der Waals surface area contributed by atoms with Crippen LogP contribution >= 0.6 is 0 Å². The Morgan fingerprint density at radius 1 is 1.32 bits per heavy atom. The van der Waals surface area contributed by atoms with Gasteiger partial charge >= 0.3 is 6.09 Å². The van der Waals surface area contributed by atoms with E-state index < -0.39 is 5.60 Å². The summed E-state index contributed by atoms with van der Waals surface area (Å²) < 4.78 is 11.3. The van der Waals surface area contributed by atoms with E-state index in [1.54, 1.807) is 4.90 Å². The lowest BCUT2D eigenvalue weighted by atomic mass is 9.90. The van der Waals surface area contributed by atoms with E-state index in [4.69, 9.17) is 15.2 Å². The maximum absolute atomic E-state index is 12.2. The molecule has 3 rings (SSSR count). The van der Waals surface area contributed by atoms with Crippen molar-refractivity contribution < 1.29 is 19.1 Å². The molecule has 2 heterocycles. The Kier molecular flexibility index (Phi) is 5.13. The Morgan fingerprint density at radius 2 is 2.00 bits per heavy atom. The molecule has 2 N–H and O–H groups in total. The summed E-state index contributed by atoms with van der Waals surface area (Å²) in [4.78, 5) is 27.2. The van der Waals surface area contributed by atoms with Gasteiger partial charge < -0.3 is 20.1 Å². The zero-order chi connectivity index (χ0) is 17.9. The van der Waals surface area contributed by atoms with Crippen LogP contribution in [0.25, 0.3) is 0 Å². The smallest absolute Gasteiger partial charge is 0.410 e. The second-order valence-electron chi connectivity index (χ2n) is 6.75. The molecule has 2 aliphatic heterocycles. The molecule has 2 saturated heterocycles. The summed E-state index contributed by atoms with van der Waals surface area (Å²) in [7, 11) is 0. The molecule has 0 radical (unpaired) electrons. The Labute approximate surface area is 147 Å². The molecule has 0 bridgehead atoms. The Bertz CT molecular complexity index is 614. The molecule has 1 aromatic rings. The van der Waals surface area contributed by atoms with Crippen molar-refractivity contribution in [2.75, 3.05) is 32.8 Å². The molecule has 1 atom stereocenters. The number of amides is 2. The Balaban J connectivity index is 1.48. The van der Waals surface area contributed by atoms with Crippen molar-refractivity contribution in [2.24, 2.45) is 5.73 Å². The van der Waals surface area contributed by atoms with E-state index >= 15 is 0 Å². The molecule has 1 aromatic carbocycles. The van der Waals surface area contributed by atoms with Crippen LogP contribution in [0.3, 0.4) is 0 Å². The van der Waals surface area contributed by atoms with Gasteiger partial charge in [0.2, 0.25) is 5.91 Å². The summed E-state index contributed by atoms with van der Waals surface area (Å²) in [6.45, 7) is 4.71. The quantitative estimate of drug-likeness (QED) is 0.836. The van der Waals surface area contributed by atoms with E-state index in [0.29, 0.717) is 45.6 Å². The van der Waals surface area contributed by atoms with E-state index in [0.717, 1.165) is 5.75 Å². The molecule has 2 fully saturated rings. The third-order valence-electron chi connectivity index (χ3n) is 5.08. The minimum atomic E-state index is -0.447. The second kappa shape index (κ2) is 7.31. The minimum absolute atomic E-state index is 0.284. The molecule has 25 heavy (non-hydrogen) atoms. The van der Waals surface area contributed by atoms with E-state index in [9.17, 15) is 9.59 Å². The van der Waals surface area contributed by atoms with Crippen LogP contribution in [-0.4, -0.2) is 66.2 Å². The first kappa shape index (κ1) is 17.5. The number of piperidine rings is 1.